The molecule has 112 valence electrons. The minimum Gasteiger partial charge on any atom is -0.484 e. The van der Waals surface area contributed by atoms with Gasteiger partial charge in [0.2, 0.25) is 0 Å². The standard InChI is InChI=1S/C13H17Cl2NO4/c1-2-13(7-17,8-18)16-12(19)6-20-9-3-4-10(14)11(15)5-9/h3-5,17-18H,2,6-8H2,1H3,(H,16,19). The van der Waals surface area contributed by atoms with Crippen molar-refractivity contribution in [3.63, 3.8) is 0 Å². The molecule has 0 saturated heterocycles. The summed E-state index contributed by atoms with van der Waals surface area (Å²) in [4.78, 5) is 11.7. The van der Waals surface area contributed by atoms with Crippen LogP contribution in [0.2, 0.25) is 10.0 Å². The summed E-state index contributed by atoms with van der Waals surface area (Å²) in [5.41, 5.74) is -1.03. The van der Waals surface area contributed by atoms with Gasteiger partial charge in [0.25, 0.3) is 5.91 Å². The van der Waals surface area contributed by atoms with Crippen LogP contribution in [0.15, 0.2) is 18.2 Å². The molecule has 1 rings (SSSR count). The monoisotopic (exact) mass is 321 g/mol. The number of carbonyl (C=O) groups excluding carboxylic acids is 1. The van der Waals surface area contributed by atoms with Gasteiger partial charge in [-0.3, -0.25) is 4.79 Å². The first-order valence-corrected chi connectivity index (χ1v) is 6.82. The maximum atomic E-state index is 11.7. The van der Waals surface area contributed by atoms with Gasteiger partial charge < -0.3 is 20.3 Å². The fourth-order valence-electron chi connectivity index (χ4n) is 1.49. The van der Waals surface area contributed by atoms with E-state index in [1.54, 1.807) is 19.1 Å². The Morgan fingerprint density at radius 3 is 2.45 bits per heavy atom. The largest absolute Gasteiger partial charge is 0.484 e. The minimum absolute atomic E-state index is 0.250. The second-order valence-electron chi connectivity index (χ2n) is 4.36. The predicted octanol–water partition coefficient (Wildman–Crippen LogP) is 1.62. The average Bonchev–Trinajstić information content (AvgIpc) is 2.46. The molecule has 20 heavy (non-hydrogen) atoms. The van der Waals surface area contributed by atoms with Gasteiger partial charge >= 0.3 is 0 Å². The molecule has 0 fully saturated rings. The van der Waals surface area contributed by atoms with E-state index in [1.165, 1.54) is 6.07 Å². The third-order valence-electron chi connectivity index (χ3n) is 2.95. The number of aliphatic hydroxyl groups is 2. The molecule has 0 atom stereocenters. The summed E-state index contributed by atoms with van der Waals surface area (Å²) >= 11 is 11.6. The van der Waals surface area contributed by atoms with Crippen molar-refractivity contribution in [1.29, 1.82) is 0 Å². The lowest BCUT2D eigenvalue weighted by atomic mass is 9.98. The Bertz CT molecular complexity index is 455. The van der Waals surface area contributed by atoms with Gasteiger partial charge in [0.15, 0.2) is 6.61 Å². The van der Waals surface area contributed by atoms with E-state index in [2.05, 4.69) is 5.32 Å². The van der Waals surface area contributed by atoms with E-state index in [0.29, 0.717) is 22.2 Å². The normalized spacial score (nSPS) is 11.2. The van der Waals surface area contributed by atoms with Crippen molar-refractivity contribution in [1.82, 2.24) is 5.32 Å². The van der Waals surface area contributed by atoms with Crippen LogP contribution in [0.1, 0.15) is 13.3 Å². The summed E-state index contributed by atoms with van der Waals surface area (Å²) in [5, 5.41) is 21.7. The predicted molar refractivity (Wildman–Crippen MR) is 77.3 cm³/mol. The fourth-order valence-corrected chi connectivity index (χ4v) is 1.78. The van der Waals surface area contributed by atoms with Crippen molar-refractivity contribution in [2.24, 2.45) is 0 Å². The molecule has 7 heteroatoms. The molecule has 0 aromatic heterocycles. The van der Waals surface area contributed by atoms with Crippen LogP contribution in [0.5, 0.6) is 5.75 Å². The molecule has 0 spiro atoms. The number of amides is 1. The summed E-state index contributed by atoms with van der Waals surface area (Å²) in [6.07, 6.45) is 0.401. The van der Waals surface area contributed by atoms with Gasteiger partial charge in [-0.15, -0.1) is 0 Å². The molecule has 0 heterocycles. The van der Waals surface area contributed by atoms with Gasteiger partial charge in [-0.1, -0.05) is 30.1 Å². The Morgan fingerprint density at radius 2 is 1.95 bits per heavy atom. The van der Waals surface area contributed by atoms with Crippen molar-refractivity contribution in [2.75, 3.05) is 19.8 Å². The van der Waals surface area contributed by atoms with Crippen LogP contribution >= 0.6 is 23.2 Å². The topological polar surface area (TPSA) is 78.8 Å². The van der Waals surface area contributed by atoms with E-state index in [-0.39, 0.29) is 19.8 Å². The molecule has 1 aromatic carbocycles. The highest BCUT2D eigenvalue weighted by atomic mass is 35.5. The van der Waals surface area contributed by atoms with Crippen LogP contribution in [0.25, 0.3) is 0 Å². The highest BCUT2D eigenvalue weighted by Crippen LogP contribution is 2.26. The first kappa shape index (κ1) is 17.0. The lowest BCUT2D eigenvalue weighted by molar-refractivity contribution is -0.126. The van der Waals surface area contributed by atoms with E-state index in [9.17, 15) is 15.0 Å². The highest BCUT2D eigenvalue weighted by Gasteiger charge is 2.28. The van der Waals surface area contributed by atoms with Crippen LogP contribution < -0.4 is 10.1 Å². The van der Waals surface area contributed by atoms with Gasteiger partial charge in [-0.25, -0.2) is 0 Å². The Morgan fingerprint density at radius 1 is 1.30 bits per heavy atom. The quantitative estimate of drug-likeness (QED) is 0.713. The number of halogens is 2. The van der Waals surface area contributed by atoms with E-state index in [4.69, 9.17) is 27.9 Å². The van der Waals surface area contributed by atoms with E-state index < -0.39 is 11.4 Å². The van der Waals surface area contributed by atoms with E-state index in [1.807, 2.05) is 0 Å². The molecular weight excluding hydrogens is 305 g/mol. The lowest BCUT2D eigenvalue weighted by Crippen LogP contribution is -2.54. The van der Waals surface area contributed by atoms with Crippen molar-refractivity contribution in [3.05, 3.63) is 28.2 Å². The summed E-state index contributed by atoms with van der Waals surface area (Å²) < 4.78 is 5.26. The number of benzene rings is 1. The highest BCUT2D eigenvalue weighted by molar-refractivity contribution is 6.42. The number of rotatable bonds is 7. The Kier molecular flexibility index (Phi) is 6.55. The second-order valence-corrected chi connectivity index (χ2v) is 5.18. The van der Waals surface area contributed by atoms with Crippen molar-refractivity contribution < 1.29 is 19.7 Å². The first-order valence-electron chi connectivity index (χ1n) is 6.07. The van der Waals surface area contributed by atoms with E-state index in [0.717, 1.165) is 0 Å². The van der Waals surface area contributed by atoms with E-state index >= 15 is 0 Å². The molecule has 0 aliphatic rings. The number of ether oxygens (including phenoxy) is 1. The SMILES string of the molecule is CCC(CO)(CO)NC(=O)COc1ccc(Cl)c(Cl)c1. The maximum Gasteiger partial charge on any atom is 0.258 e. The Hall–Kier alpha value is -1.01. The molecule has 0 aliphatic heterocycles. The molecule has 1 amide bonds. The number of aliphatic hydroxyl groups excluding tert-OH is 2. The van der Waals surface area contributed by atoms with Crippen LogP contribution in [0, 0.1) is 0 Å². The molecule has 0 bridgehead atoms. The van der Waals surface area contributed by atoms with Crippen LogP contribution in [-0.2, 0) is 4.79 Å². The maximum absolute atomic E-state index is 11.7. The number of hydrogen-bond acceptors (Lipinski definition) is 4. The molecule has 0 radical (unpaired) electrons. The van der Waals surface area contributed by atoms with Crippen LogP contribution in [-0.4, -0.2) is 41.5 Å². The van der Waals surface area contributed by atoms with Crippen molar-refractivity contribution in [3.8, 4) is 5.75 Å². The summed E-state index contributed by atoms with van der Waals surface area (Å²) in [5.74, 6) is -0.0364. The fraction of sp³-hybridized carbons (Fsp3) is 0.462. The third kappa shape index (κ3) is 4.52. The minimum atomic E-state index is -1.03. The summed E-state index contributed by atoms with van der Waals surface area (Å²) in [6, 6.07) is 4.66. The molecule has 1 aromatic rings. The van der Waals surface area contributed by atoms with Crippen molar-refractivity contribution >= 4 is 29.1 Å². The van der Waals surface area contributed by atoms with Crippen molar-refractivity contribution in [2.45, 2.75) is 18.9 Å². The summed E-state index contributed by atoms with van der Waals surface area (Å²) in [6.45, 7) is 0.809. The first-order chi connectivity index (χ1) is 9.46. The average molecular weight is 322 g/mol. The smallest absolute Gasteiger partial charge is 0.258 e. The Balaban J connectivity index is 2.56. The zero-order chi connectivity index (χ0) is 15.2. The molecule has 3 N–H and O–H groups in total. The molecule has 0 unspecified atom stereocenters. The Labute approximate surface area is 127 Å². The zero-order valence-corrected chi connectivity index (χ0v) is 12.5. The number of nitrogens with one attached hydrogen (secondary N) is 1. The van der Waals surface area contributed by atoms with Gasteiger partial charge in [-0.05, 0) is 18.6 Å². The van der Waals surface area contributed by atoms with Gasteiger partial charge in [0, 0.05) is 6.07 Å². The summed E-state index contributed by atoms with van der Waals surface area (Å²) in [7, 11) is 0. The second kappa shape index (κ2) is 7.69. The number of hydrogen-bond donors (Lipinski definition) is 3. The van der Waals surface area contributed by atoms with Crippen LogP contribution in [0.3, 0.4) is 0 Å². The lowest BCUT2D eigenvalue weighted by Gasteiger charge is -2.29. The number of carbonyl (C=O) groups is 1. The van der Waals surface area contributed by atoms with Gasteiger partial charge in [0.1, 0.15) is 5.75 Å². The van der Waals surface area contributed by atoms with Crippen LogP contribution in [0.4, 0.5) is 0 Å². The molecule has 0 aliphatic carbocycles. The molecular formula is C13H17Cl2NO4. The molecule has 5 nitrogen and oxygen atoms in total. The van der Waals surface area contributed by atoms with Gasteiger partial charge in [-0.2, -0.15) is 0 Å². The molecule has 0 saturated carbocycles. The zero-order valence-electron chi connectivity index (χ0n) is 11.0. The van der Waals surface area contributed by atoms with Gasteiger partial charge in [0.05, 0.1) is 28.8 Å². The third-order valence-corrected chi connectivity index (χ3v) is 3.69.